The molecule has 1 spiro atoms. The second kappa shape index (κ2) is 9.41. The molecule has 35 heavy (non-hydrogen) atoms. The van der Waals surface area contributed by atoms with E-state index in [9.17, 15) is 9.59 Å². The van der Waals surface area contributed by atoms with Gasteiger partial charge in [0.15, 0.2) is 0 Å². The lowest BCUT2D eigenvalue weighted by atomic mass is 9.86. The number of carbonyl (C=O) groups is 2. The van der Waals surface area contributed by atoms with E-state index in [4.69, 9.17) is 26.1 Å². The summed E-state index contributed by atoms with van der Waals surface area (Å²) < 4.78 is 10.6. The zero-order valence-corrected chi connectivity index (χ0v) is 21.5. The summed E-state index contributed by atoms with van der Waals surface area (Å²) in [5.41, 5.74) is 2.25. The molecule has 0 atom stereocenters. The Hall–Kier alpha value is -3.26. The minimum atomic E-state index is -0.687. The number of amides is 3. The third-order valence-corrected chi connectivity index (χ3v) is 6.80. The monoisotopic (exact) mass is 498 g/mol. The molecule has 2 aromatic carbocycles. The van der Waals surface area contributed by atoms with Crippen LogP contribution in [0.15, 0.2) is 41.4 Å². The number of benzene rings is 2. The number of nitrogens with zero attached hydrogens (tertiary/aromatic N) is 2. The molecule has 2 aliphatic heterocycles. The molecule has 2 heterocycles. The Kier molecular flexibility index (Phi) is 6.68. The molecular formula is C26H31ClN4O4. The first-order chi connectivity index (χ1) is 16.5. The van der Waals surface area contributed by atoms with Gasteiger partial charge in [-0.25, -0.2) is 4.79 Å². The van der Waals surface area contributed by atoms with Gasteiger partial charge in [0.2, 0.25) is 0 Å². The van der Waals surface area contributed by atoms with Gasteiger partial charge in [-0.2, -0.15) is 0 Å². The minimum Gasteiger partial charge on any atom is -0.495 e. The number of piperidine rings is 1. The number of aliphatic imine (C=N–C) groups is 1. The molecule has 2 aliphatic rings. The van der Waals surface area contributed by atoms with Crippen LogP contribution in [0.1, 0.15) is 44.7 Å². The first-order valence-electron chi connectivity index (χ1n) is 11.6. The molecule has 8 nitrogen and oxygen atoms in total. The van der Waals surface area contributed by atoms with Gasteiger partial charge in [0.25, 0.3) is 5.91 Å². The quantitative estimate of drug-likeness (QED) is 0.644. The molecule has 0 radical (unpaired) electrons. The van der Waals surface area contributed by atoms with Crippen molar-refractivity contribution in [3.63, 3.8) is 0 Å². The van der Waals surface area contributed by atoms with Crippen molar-refractivity contribution < 1.29 is 19.1 Å². The summed E-state index contributed by atoms with van der Waals surface area (Å²) in [5, 5.41) is 6.29. The smallest absolute Gasteiger partial charge is 0.321 e. The lowest BCUT2D eigenvalue weighted by Crippen LogP contribution is -2.53. The highest BCUT2D eigenvalue weighted by molar-refractivity contribution is 6.46. The van der Waals surface area contributed by atoms with Crippen LogP contribution in [-0.2, 0) is 10.2 Å². The molecule has 9 heteroatoms. The topological polar surface area (TPSA) is 92.3 Å². The van der Waals surface area contributed by atoms with E-state index in [1.807, 2.05) is 24.3 Å². The number of hydrogen-bond acceptors (Lipinski definition) is 5. The number of ether oxygens (including phenoxy) is 2. The molecule has 0 bridgehead atoms. The van der Waals surface area contributed by atoms with E-state index in [1.54, 1.807) is 17.0 Å². The van der Waals surface area contributed by atoms with Crippen molar-refractivity contribution in [3.05, 3.63) is 52.5 Å². The number of nitrogens with one attached hydrogen (secondary N) is 2. The van der Waals surface area contributed by atoms with Gasteiger partial charge >= 0.3 is 6.03 Å². The number of hydrogen-bond donors (Lipinski definition) is 2. The van der Waals surface area contributed by atoms with E-state index in [-0.39, 0.29) is 17.4 Å². The Labute approximate surface area is 210 Å². The summed E-state index contributed by atoms with van der Waals surface area (Å²) in [6.07, 6.45) is 1.05. The molecule has 4 rings (SSSR count). The lowest BCUT2D eigenvalue weighted by Gasteiger charge is -2.37. The average molecular weight is 499 g/mol. The predicted octanol–water partition coefficient (Wildman–Crippen LogP) is 4.60. The van der Waals surface area contributed by atoms with Gasteiger partial charge in [0.1, 0.15) is 22.9 Å². The van der Waals surface area contributed by atoms with Crippen LogP contribution < -0.4 is 20.1 Å². The fourth-order valence-electron chi connectivity index (χ4n) is 4.36. The molecule has 0 aliphatic carbocycles. The summed E-state index contributed by atoms with van der Waals surface area (Å²) in [7, 11) is 3.02. The fraction of sp³-hybridized carbons (Fsp3) is 0.423. The van der Waals surface area contributed by atoms with Crippen molar-refractivity contribution in [2.45, 2.75) is 44.7 Å². The normalized spacial score (nSPS) is 17.1. The van der Waals surface area contributed by atoms with Crippen molar-refractivity contribution in [3.8, 4) is 11.5 Å². The molecule has 0 saturated carbocycles. The van der Waals surface area contributed by atoms with E-state index < -0.39 is 5.66 Å². The second-order valence-electron chi connectivity index (χ2n) is 9.88. The number of rotatable bonds is 4. The molecule has 2 N–H and O–H groups in total. The minimum absolute atomic E-state index is 0.0358. The van der Waals surface area contributed by atoms with Crippen LogP contribution in [-0.4, -0.2) is 55.5 Å². The Bertz CT molecular complexity index is 1160. The van der Waals surface area contributed by atoms with Crippen LogP contribution in [0.5, 0.6) is 11.5 Å². The van der Waals surface area contributed by atoms with E-state index in [0.717, 1.165) is 5.56 Å². The second-order valence-corrected chi connectivity index (χ2v) is 10.3. The van der Waals surface area contributed by atoms with Crippen molar-refractivity contribution in [2.24, 2.45) is 4.99 Å². The highest BCUT2D eigenvalue weighted by Crippen LogP contribution is 2.36. The van der Waals surface area contributed by atoms with Crippen molar-refractivity contribution in [2.75, 3.05) is 32.6 Å². The van der Waals surface area contributed by atoms with Gasteiger partial charge in [-0.3, -0.25) is 9.79 Å². The van der Waals surface area contributed by atoms with E-state index in [2.05, 4.69) is 31.4 Å². The predicted molar refractivity (Wildman–Crippen MR) is 137 cm³/mol. The van der Waals surface area contributed by atoms with Gasteiger partial charge in [0.05, 0.1) is 24.9 Å². The van der Waals surface area contributed by atoms with Crippen LogP contribution in [0.4, 0.5) is 10.5 Å². The number of likely N-dealkylation sites (tertiary alicyclic amines) is 1. The Morgan fingerprint density at radius 1 is 1.09 bits per heavy atom. The van der Waals surface area contributed by atoms with E-state index >= 15 is 0 Å². The summed E-state index contributed by atoms with van der Waals surface area (Å²) in [4.78, 5) is 32.2. The maximum atomic E-state index is 12.9. The van der Waals surface area contributed by atoms with Crippen molar-refractivity contribution in [1.82, 2.24) is 10.2 Å². The van der Waals surface area contributed by atoms with Gasteiger partial charge in [0, 0.05) is 37.6 Å². The van der Waals surface area contributed by atoms with Crippen LogP contribution in [0.3, 0.4) is 0 Å². The highest BCUT2D eigenvalue weighted by atomic mass is 35.5. The number of anilines is 1. The average Bonchev–Trinajstić information content (AvgIpc) is 3.14. The van der Waals surface area contributed by atoms with Crippen LogP contribution in [0.2, 0.25) is 5.02 Å². The number of carbonyl (C=O) groups excluding carboxylic acids is 2. The lowest BCUT2D eigenvalue weighted by molar-refractivity contribution is -0.115. The van der Waals surface area contributed by atoms with Crippen LogP contribution in [0.25, 0.3) is 0 Å². The molecule has 0 unspecified atom stereocenters. The summed E-state index contributed by atoms with van der Waals surface area (Å²) in [6.45, 7) is 7.34. The first-order valence-corrected chi connectivity index (χ1v) is 11.9. The van der Waals surface area contributed by atoms with Gasteiger partial charge in [-0.15, -0.1) is 0 Å². The largest absolute Gasteiger partial charge is 0.495 e. The molecule has 186 valence electrons. The van der Waals surface area contributed by atoms with Crippen molar-refractivity contribution >= 4 is 34.9 Å². The SMILES string of the molecule is COc1cc(OC)c(NC(=O)N2CCC3(CC2)N=C(c2ccc(C(C)(C)C)cc2)C(=O)N3)cc1Cl. The van der Waals surface area contributed by atoms with Crippen LogP contribution >= 0.6 is 11.6 Å². The van der Waals surface area contributed by atoms with Gasteiger partial charge in [-0.1, -0.05) is 56.6 Å². The van der Waals surface area contributed by atoms with Crippen LogP contribution in [0, 0.1) is 0 Å². The molecule has 1 saturated heterocycles. The Morgan fingerprint density at radius 2 is 1.71 bits per heavy atom. The summed E-state index contributed by atoms with van der Waals surface area (Å²) >= 11 is 6.22. The fourth-order valence-corrected chi connectivity index (χ4v) is 4.60. The van der Waals surface area contributed by atoms with E-state index in [1.165, 1.54) is 19.8 Å². The Morgan fingerprint density at radius 3 is 2.29 bits per heavy atom. The van der Waals surface area contributed by atoms with E-state index in [0.29, 0.717) is 53.9 Å². The van der Waals surface area contributed by atoms with Crippen molar-refractivity contribution in [1.29, 1.82) is 0 Å². The standard InChI is InChI=1S/C26H31ClN4O4/c1-25(2,3)17-8-6-16(7-9-17)22-23(32)30-26(29-22)10-12-31(13-11-26)24(33)28-19-14-18(27)20(34-4)15-21(19)35-5/h6-9,14-15H,10-13H2,1-5H3,(H,28,33)(H,30,32). The molecule has 1 fully saturated rings. The molecule has 3 amide bonds. The zero-order valence-electron chi connectivity index (χ0n) is 20.7. The van der Waals surface area contributed by atoms with Gasteiger partial charge < -0.3 is 25.0 Å². The third kappa shape index (κ3) is 5.07. The molecular weight excluding hydrogens is 468 g/mol. The number of urea groups is 1. The molecule has 2 aromatic rings. The summed E-state index contributed by atoms with van der Waals surface area (Å²) in [6, 6.07) is 10.9. The summed E-state index contributed by atoms with van der Waals surface area (Å²) in [5.74, 6) is 0.729. The van der Waals surface area contributed by atoms with Gasteiger partial charge in [-0.05, 0) is 17.0 Å². The number of methoxy groups -OCH3 is 2. The first kappa shape index (κ1) is 24.9. The number of halogens is 1. The zero-order chi connectivity index (χ0) is 25.4. The Balaban J connectivity index is 1.44. The maximum absolute atomic E-state index is 12.9. The molecule has 0 aromatic heterocycles. The highest BCUT2D eigenvalue weighted by Gasteiger charge is 2.43. The third-order valence-electron chi connectivity index (χ3n) is 6.50. The maximum Gasteiger partial charge on any atom is 0.321 e.